The number of ether oxygens (including phenoxy) is 1. The van der Waals surface area contributed by atoms with E-state index in [2.05, 4.69) is 0 Å². The smallest absolute Gasteiger partial charge is 0.123 e. The molecule has 1 aromatic rings. The quantitative estimate of drug-likeness (QED) is 0.730. The summed E-state index contributed by atoms with van der Waals surface area (Å²) in [5.74, 6) is 0.684. The lowest BCUT2D eigenvalue weighted by Crippen LogP contribution is -2.42. The Morgan fingerprint density at radius 3 is 2.81 bits per heavy atom. The molecule has 86 valence electrons. The minimum absolute atomic E-state index is 0.0913. The van der Waals surface area contributed by atoms with Crippen LogP contribution in [0, 0.1) is 5.82 Å². The molecule has 1 fully saturated rings. The van der Waals surface area contributed by atoms with Crippen LogP contribution < -0.4 is 10.5 Å². The molecule has 0 amide bonds. The van der Waals surface area contributed by atoms with Crippen molar-refractivity contribution in [2.45, 2.75) is 43.7 Å². The lowest BCUT2D eigenvalue weighted by Gasteiger charge is -2.35. The van der Waals surface area contributed by atoms with Crippen LogP contribution in [0.25, 0.3) is 0 Å². The summed E-state index contributed by atoms with van der Waals surface area (Å²) in [4.78, 5) is 0. The van der Waals surface area contributed by atoms with E-state index in [1.165, 1.54) is 6.07 Å². The summed E-state index contributed by atoms with van der Waals surface area (Å²) in [6.07, 6.45) is 4.84. The van der Waals surface area contributed by atoms with Crippen molar-refractivity contribution < 1.29 is 9.13 Å². The Kier molecular flexibility index (Phi) is 2.18. The first-order valence-corrected chi connectivity index (χ1v) is 5.90. The van der Waals surface area contributed by atoms with Crippen LogP contribution in [0.1, 0.15) is 31.2 Å². The zero-order valence-electron chi connectivity index (χ0n) is 9.21. The van der Waals surface area contributed by atoms with E-state index in [-0.39, 0.29) is 11.4 Å². The maximum Gasteiger partial charge on any atom is 0.123 e. The van der Waals surface area contributed by atoms with Crippen LogP contribution in [0.4, 0.5) is 4.39 Å². The number of fused-ring (bicyclic) bond motifs is 1. The molecule has 1 saturated carbocycles. The number of nitrogens with two attached hydrogens (primary N) is 1. The van der Waals surface area contributed by atoms with Crippen LogP contribution in [0.2, 0.25) is 0 Å². The van der Waals surface area contributed by atoms with E-state index in [1.807, 2.05) is 0 Å². The predicted octanol–water partition coefficient (Wildman–Crippen LogP) is 2.40. The normalized spacial score (nSPS) is 32.5. The van der Waals surface area contributed by atoms with Gasteiger partial charge in [0.15, 0.2) is 0 Å². The Hall–Kier alpha value is -1.09. The number of halogens is 1. The zero-order valence-corrected chi connectivity index (χ0v) is 9.21. The van der Waals surface area contributed by atoms with Gasteiger partial charge < -0.3 is 10.5 Å². The summed E-state index contributed by atoms with van der Waals surface area (Å²) in [7, 11) is 0. The molecule has 1 aliphatic heterocycles. The second-order valence-corrected chi connectivity index (χ2v) is 5.05. The van der Waals surface area contributed by atoms with Crippen molar-refractivity contribution in [3.8, 4) is 5.75 Å². The molecule has 2 nitrogen and oxygen atoms in total. The van der Waals surface area contributed by atoms with E-state index < -0.39 is 0 Å². The van der Waals surface area contributed by atoms with Crippen molar-refractivity contribution in [2.75, 3.05) is 0 Å². The molecule has 0 unspecified atom stereocenters. The molecule has 1 spiro atoms. The largest absolute Gasteiger partial charge is 0.487 e. The van der Waals surface area contributed by atoms with Crippen molar-refractivity contribution in [3.63, 3.8) is 0 Å². The third-order valence-electron chi connectivity index (χ3n) is 3.80. The fourth-order valence-corrected chi connectivity index (χ4v) is 2.85. The summed E-state index contributed by atoms with van der Waals surface area (Å²) >= 11 is 0. The maximum atomic E-state index is 13.1. The molecular weight excluding hydrogens is 205 g/mol. The number of benzene rings is 1. The maximum absolute atomic E-state index is 13.1. The number of hydrogen-bond acceptors (Lipinski definition) is 2. The van der Waals surface area contributed by atoms with Crippen molar-refractivity contribution >= 4 is 0 Å². The van der Waals surface area contributed by atoms with Gasteiger partial charge >= 0.3 is 0 Å². The fraction of sp³-hybridized carbons (Fsp3) is 0.538. The summed E-state index contributed by atoms with van der Waals surface area (Å²) < 4.78 is 19.1. The molecule has 0 aromatic heterocycles. The van der Waals surface area contributed by atoms with Crippen molar-refractivity contribution in [1.82, 2.24) is 0 Å². The Balaban J connectivity index is 1.84. The van der Waals surface area contributed by atoms with Gasteiger partial charge in [0.2, 0.25) is 0 Å². The molecular formula is C13H16FNO. The molecule has 1 aliphatic carbocycles. The van der Waals surface area contributed by atoms with Crippen molar-refractivity contribution in [2.24, 2.45) is 5.73 Å². The van der Waals surface area contributed by atoms with Gasteiger partial charge in [-0.25, -0.2) is 4.39 Å². The Bertz CT molecular complexity index is 410. The molecule has 0 bridgehead atoms. The number of hydrogen-bond donors (Lipinski definition) is 1. The van der Waals surface area contributed by atoms with E-state index in [4.69, 9.17) is 10.5 Å². The number of rotatable bonds is 0. The topological polar surface area (TPSA) is 35.2 Å². The first-order chi connectivity index (χ1) is 7.67. The van der Waals surface area contributed by atoms with Gasteiger partial charge in [-0.1, -0.05) is 0 Å². The predicted molar refractivity (Wildman–Crippen MR) is 59.9 cm³/mol. The summed E-state index contributed by atoms with van der Waals surface area (Å²) in [6.45, 7) is 0. The highest BCUT2D eigenvalue weighted by Gasteiger charge is 2.41. The summed E-state index contributed by atoms with van der Waals surface area (Å²) in [5, 5.41) is 0. The lowest BCUT2D eigenvalue weighted by atomic mass is 9.80. The standard InChI is InChI=1S/C13H16FNO/c14-10-1-2-12-9(7-10)8-13(16-12)5-3-11(15)4-6-13/h1-2,7,11H,3-6,8,15H2. The fourth-order valence-electron chi connectivity index (χ4n) is 2.85. The molecule has 16 heavy (non-hydrogen) atoms. The Morgan fingerprint density at radius 2 is 2.06 bits per heavy atom. The molecule has 1 aromatic carbocycles. The van der Waals surface area contributed by atoms with Gasteiger partial charge in [0.25, 0.3) is 0 Å². The van der Waals surface area contributed by atoms with Gasteiger partial charge in [0, 0.05) is 18.0 Å². The molecule has 0 atom stereocenters. The van der Waals surface area contributed by atoms with Crippen LogP contribution in [0.3, 0.4) is 0 Å². The first kappa shape index (κ1) is 10.1. The Labute approximate surface area is 94.6 Å². The minimum Gasteiger partial charge on any atom is -0.487 e. The zero-order chi connectivity index (χ0) is 11.2. The second-order valence-electron chi connectivity index (χ2n) is 5.05. The van der Waals surface area contributed by atoms with Crippen LogP contribution in [-0.2, 0) is 6.42 Å². The average molecular weight is 221 g/mol. The van der Waals surface area contributed by atoms with E-state index in [0.29, 0.717) is 6.04 Å². The van der Waals surface area contributed by atoms with Gasteiger partial charge in [0.05, 0.1) is 0 Å². The van der Waals surface area contributed by atoms with E-state index in [1.54, 1.807) is 12.1 Å². The highest BCUT2D eigenvalue weighted by atomic mass is 19.1. The van der Waals surface area contributed by atoms with Crippen molar-refractivity contribution in [3.05, 3.63) is 29.6 Å². The van der Waals surface area contributed by atoms with Gasteiger partial charge in [-0.3, -0.25) is 0 Å². The van der Waals surface area contributed by atoms with Gasteiger partial charge in [-0.2, -0.15) is 0 Å². The average Bonchev–Trinajstić information content (AvgIpc) is 2.60. The van der Waals surface area contributed by atoms with E-state index in [9.17, 15) is 4.39 Å². The molecule has 2 aliphatic rings. The molecule has 2 N–H and O–H groups in total. The highest BCUT2D eigenvalue weighted by Crippen LogP contribution is 2.43. The Morgan fingerprint density at radius 1 is 1.31 bits per heavy atom. The first-order valence-electron chi connectivity index (χ1n) is 5.90. The molecule has 3 heteroatoms. The molecule has 0 saturated heterocycles. The van der Waals surface area contributed by atoms with Crippen LogP contribution >= 0.6 is 0 Å². The van der Waals surface area contributed by atoms with Crippen molar-refractivity contribution in [1.29, 1.82) is 0 Å². The summed E-state index contributed by atoms with van der Waals surface area (Å²) in [6, 6.07) is 5.12. The van der Waals surface area contributed by atoms with E-state index in [0.717, 1.165) is 43.4 Å². The second kappa shape index (κ2) is 3.45. The lowest BCUT2D eigenvalue weighted by molar-refractivity contribution is 0.0474. The van der Waals surface area contributed by atoms with E-state index >= 15 is 0 Å². The van der Waals surface area contributed by atoms with Gasteiger partial charge in [-0.15, -0.1) is 0 Å². The molecule has 0 radical (unpaired) electrons. The summed E-state index contributed by atoms with van der Waals surface area (Å²) in [5.41, 5.74) is 6.82. The third kappa shape index (κ3) is 1.59. The van der Waals surface area contributed by atoms with Crippen LogP contribution in [-0.4, -0.2) is 11.6 Å². The minimum atomic E-state index is -0.174. The monoisotopic (exact) mass is 221 g/mol. The van der Waals surface area contributed by atoms with Gasteiger partial charge in [-0.05, 0) is 43.9 Å². The SMILES string of the molecule is NC1CCC2(CC1)Cc1cc(F)ccc1O2. The molecule has 1 heterocycles. The third-order valence-corrected chi connectivity index (χ3v) is 3.80. The van der Waals surface area contributed by atoms with Crippen LogP contribution in [0.5, 0.6) is 5.75 Å². The van der Waals surface area contributed by atoms with Crippen LogP contribution in [0.15, 0.2) is 18.2 Å². The van der Waals surface area contributed by atoms with Gasteiger partial charge in [0.1, 0.15) is 17.2 Å². The highest BCUT2D eigenvalue weighted by molar-refractivity contribution is 5.39. The molecule has 3 rings (SSSR count).